The summed E-state index contributed by atoms with van der Waals surface area (Å²) in [4.78, 5) is 22.2. The smallest absolute Gasteiger partial charge is 0.288 e. The van der Waals surface area contributed by atoms with Gasteiger partial charge in [-0.05, 0) is 35.4 Å². The van der Waals surface area contributed by atoms with Gasteiger partial charge in [0.2, 0.25) is 12.7 Å². The molecule has 0 saturated carbocycles. The van der Waals surface area contributed by atoms with Crippen molar-refractivity contribution in [1.29, 1.82) is 0 Å². The Morgan fingerprint density at radius 3 is 2.84 bits per heavy atom. The number of hydrogen-bond donors (Lipinski definition) is 1. The molecule has 0 radical (unpaired) electrons. The number of nitro benzene ring substituents is 1. The number of hydrogen-bond acceptors (Lipinski definition) is 5. The highest BCUT2D eigenvalue weighted by atomic mass is 35.5. The third-order valence-corrected chi connectivity index (χ3v) is 3.82. The van der Waals surface area contributed by atoms with E-state index >= 15 is 0 Å². The second-order valence-electron chi connectivity index (χ2n) is 5.21. The fraction of sp³-hybridized carbons (Fsp3) is 0.118. The molecule has 1 aliphatic heterocycles. The predicted octanol–water partition coefficient (Wildman–Crippen LogP) is 3.31. The Labute approximate surface area is 148 Å². The second kappa shape index (κ2) is 7.23. The van der Waals surface area contributed by atoms with Crippen LogP contribution >= 0.6 is 11.6 Å². The molecule has 128 valence electrons. The van der Waals surface area contributed by atoms with Gasteiger partial charge in [-0.15, -0.1) is 0 Å². The van der Waals surface area contributed by atoms with E-state index in [0.717, 1.165) is 5.56 Å². The molecule has 1 amide bonds. The first-order valence-corrected chi connectivity index (χ1v) is 7.69. The average molecular weight is 361 g/mol. The van der Waals surface area contributed by atoms with Gasteiger partial charge in [-0.1, -0.05) is 23.7 Å². The average Bonchev–Trinajstić information content (AvgIpc) is 3.06. The Kier molecular flexibility index (Phi) is 4.85. The number of nitrogens with one attached hydrogen (secondary N) is 1. The Hall–Kier alpha value is -3.06. The van der Waals surface area contributed by atoms with Crippen LogP contribution in [0.15, 0.2) is 42.5 Å². The number of nitro groups is 1. The fourth-order valence-corrected chi connectivity index (χ4v) is 2.43. The first kappa shape index (κ1) is 16.8. The quantitative estimate of drug-likeness (QED) is 0.502. The molecule has 7 nitrogen and oxygen atoms in total. The molecule has 1 heterocycles. The number of amides is 1. The molecule has 3 rings (SSSR count). The highest BCUT2D eigenvalue weighted by molar-refractivity contribution is 6.32. The Morgan fingerprint density at radius 1 is 1.24 bits per heavy atom. The summed E-state index contributed by atoms with van der Waals surface area (Å²) in [5.41, 5.74) is 1.17. The van der Waals surface area contributed by atoms with Crippen molar-refractivity contribution in [3.8, 4) is 11.5 Å². The van der Waals surface area contributed by atoms with E-state index < -0.39 is 4.92 Å². The third kappa shape index (κ3) is 4.07. The van der Waals surface area contributed by atoms with E-state index in [-0.39, 0.29) is 23.4 Å². The van der Waals surface area contributed by atoms with Crippen LogP contribution in [-0.4, -0.2) is 17.6 Å². The van der Waals surface area contributed by atoms with E-state index in [1.165, 1.54) is 24.3 Å². The molecular weight excluding hydrogens is 348 g/mol. The Morgan fingerprint density at radius 2 is 2.04 bits per heavy atom. The van der Waals surface area contributed by atoms with Crippen molar-refractivity contribution >= 4 is 29.3 Å². The van der Waals surface area contributed by atoms with E-state index in [9.17, 15) is 14.9 Å². The van der Waals surface area contributed by atoms with E-state index in [2.05, 4.69) is 5.32 Å². The maximum absolute atomic E-state index is 11.9. The summed E-state index contributed by atoms with van der Waals surface area (Å²) in [7, 11) is 0. The summed E-state index contributed by atoms with van der Waals surface area (Å²) < 4.78 is 10.5. The van der Waals surface area contributed by atoms with Gasteiger partial charge in [0.05, 0.1) is 4.92 Å². The largest absolute Gasteiger partial charge is 0.454 e. The number of carbonyl (C=O) groups excluding carboxylic acids is 1. The lowest BCUT2D eigenvalue weighted by atomic mass is 10.2. The molecule has 2 aromatic rings. The van der Waals surface area contributed by atoms with Crippen molar-refractivity contribution in [1.82, 2.24) is 5.32 Å². The SMILES string of the molecule is O=C(/C=C/c1ccc(Cl)c([N+](=O)[O-])c1)NCc1ccc2c(c1)OCO2. The fourth-order valence-electron chi connectivity index (χ4n) is 2.24. The van der Waals surface area contributed by atoms with Crippen LogP contribution in [0.3, 0.4) is 0 Å². The van der Waals surface area contributed by atoms with Crippen LogP contribution < -0.4 is 14.8 Å². The molecule has 0 fully saturated rings. The van der Waals surface area contributed by atoms with Gasteiger partial charge in [-0.25, -0.2) is 0 Å². The van der Waals surface area contributed by atoms with E-state index in [4.69, 9.17) is 21.1 Å². The highest BCUT2D eigenvalue weighted by Gasteiger charge is 2.13. The molecular formula is C17H13ClN2O5. The predicted molar refractivity (Wildman–Crippen MR) is 91.6 cm³/mol. The summed E-state index contributed by atoms with van der Waals surface area (Å²) in [6.45, 7) is 0.516. The number of halogens is 1. The van der Waals surface area contributed by atoms with Crippen LogP contribution in [0.2, 0.25) is 5.02 Å². The van der Waals surface area contributed by atoms with Gasteiger partial charge in [-0.2, -0.15) is 0 Å². The zero-order chi connectivity index (χ0) is 17.8. The minimum absolute atomic E-state index is 0.0504. The lowest BCUT2D eigenvalue weighted by molar-refractivity contribution is -0.384. The molecule has 0 bridgehead atoms. The van der Waals surface area contributed by atoms with Gasteiger partial charge in [0.1, 0.15) is 5.02 Å². The molecule has 2 aromatic carbocycles. The molecule has 0 spiro atoms. The zero-order valence-corrected chi connectivity index (χ0v) is 13.7. The molecule has 1 aliphatic rings. The minimum Gasteiger partial charge on any atom is -0.454 e. The van der Waals surface area contributed by atoms with Crippen LogP contribution in [0.25, 0.3) is 6.08 Å². The Bertz CT molecular complexity index is 866. The highest BCUT2D eigenvalue weighted by Crippen LogP contribution is 2.32. The van der Waals surface area contributed by atoms with Gasteiger partial charge in [0.15, 0.2) is 11.5 Å². The number of nitrogens with zero attached hydrogens (tertiary/aromatic N) is 1. The molecule has 0 unspecified atom stereocenters. The number of ether oxygens (including phenoxy) is 2. The zero-order valence-electron chi connectivity index (χ0n) is 12.9. The molecule has 25 heavy (non-hydrogen) atoms. The van der Waals surface area contributed by atoms with E-state index in [1.54, 1.807) is 18.2 Å². The summed E-state index contributed by atoms with van der Waals surface area (Å²) in [6, 6.07) is 9.74. The second-order valence-corrected chi connectivity index (χ2v) is 5.61. The minimum atomic E-state index is -0.570. The first-order chi connectivity index (χ1) is 12.0. The molecule has 0 aromatic heterocycles. The van der Waals surface area contributed by atoms with E-state index in [1.807, 2.05) is 6.07 Å². The standard InChI is InChI=1S/C17H13ClN2O5/c18-13-4-1-11(7-14(13)20(22)23)3-6-17(21)19-9-12-2-5-15-16(8-12)25-10-24-15/h1-8H,9-10H2,(H,19,21)/b6-3+. The molecule has 1 N–H and O–H groups in total. The van der Waals surface area contributed by atoms with Gasteiger partial charge < -0.3 is 14.8 Å². The van der Waals surface area contributed by atoms with E-state index in [0.29, 0.717) is 23.6 Å². The normalized spacial score (nSPS) is 12.4. The summed E-state index contributed by atoms with van der Waals surface area (Å²) in [5.74, 6) is 1.00. The summed E-state index contributed by atoms with van der Waals surface area (Å²) in [6.07, 6.45) is 2.79. The maximum Gasteiger partial charge on any atom is 0.288 e. The van der Waals surface area contributed by atoms with Crippen molar-refractivity contribution in [3.63, 3.8) is 0 Å². The summed E-state index contributed by atoms with van der Waals surface area (Å²) in [5, 5.41) is 13.6. The topological polar surface area (TPSA) is 90.7 Å². The molecule has 8 heteroatoms. The van der Waals surface area contributed by atoms with Crippen molar-refractivity contribution in [2.24, 2.45) is 0 Å². The van der Waals surface area contributed by atoms with Crippen LogP contribution in [0.5, 0.6) is 11.5 Å². The van der Waals surface area contributed by atoms with Crippen molar-refractivity contribution in [3.05, 3.63) is 68.7 Å². The van der Waals surface area contributed by atoms with Crippen molar-refractivity contribution < 1.29 is 19.2 Å². The summed E-state index contributed by atoms with van der Waals surface area (Å²) >= 11 is 5.75. The van der Waals surface area contributed by atoms with Crippen LogP contribution in [0, 0.1) is 10.1 Å². The van der Waals surface area contributed by atoms with Crippen LogP contribution in [0.4, 0.5) is 5.69 Å². The molecule has 0 aliphatic carbocycles. The monoisotopic (exact) mass is 360 g/mol. The third-order valence-electron chi connectivity index (χ3n) is 3.50. The molecule has 0 atom stereocenters. The van der Waals surface area contributed by atoms with Crippen LogP contribution in [-0.2, 0) is 11.3 Å². The maximum atomic E-state index is 11.9. The first-order valence-electron chi connectivity index (χ1n) is 7.31. The van der Waals surface area contributed by atoms with Gasteiger partial charge in [-0.3, -0.25) is 14.9 Å². The van der Waals surface area contributed by atoms with Crippen molar-refractivity contribution in [2.75, 3.05) is 6.79 Å². The Balaban J connectivity index is 1.60. The van der Waals surface area contributed by atoms with Crippen molar-refractivity contribution in [2.45, 2.75) is 6.54 Å². The number of benzene rings is 2. The van der Waals surface area contributed by atoms with Gasteiger partial charge >= 0.3 is 0 Å². The number of fused-ring (bicyclic) bond motifs is 1. The lowest BCUT2D eigenvalue weighted by Crippen LogP contribution is -2.20. The van der Waals surface area contributed by atoms with Gasteiger partial charge in [0, 0.05) is 18.7 Å². The number of rotatable bonds is 5. The number of carbonyl (C=O) groups is 1. The van der Waals surface area contributed by atoms with Crippen LogP contribution in [0.1, 0.15) is 11.1 Å². The molecule has 0 saturated heterocycles. The lowest BCUT2D eigenvalue weighted by Gasteiger charge is -2.04. The van der Waals surface area contributed by atoms with Gasteiger partial charge in [0.25, 0.3) is 5.69 Å².